The molecule has 0 aliphatic heterocycles. The van der Waals surface area contributed by atoms with Crippen LogP contribution >= 0.6 is 11.5 Å². The number of carboxylic acid groups (broad SMARTS) is 1. The first-order valence-electron chi connectivity index (χ1n) is 3.64. The van der Waals surface area contributed by atoms with Crippen molar-refractivity contribution in [3.8, 4) is 0 Å². The summed E-state index contributed by atoms with van der Waals surface area (Å²) >= 11 is 1.30. The lowest BCUT2D eigenvalue weighted by Crippen LogP contribution is -2.00. The largest absolute Gasteiger partial charge is 0.476 e. The summed E-state index contributed by atoms with van der Waals surface area (Å²) in [6, 6.07) is 1.71. The molecule has 2 aromatic rings. The number of aromatic nitrogens is 2. The Morgan fingerprint density at radius 1 is 1.62 bits per heavy atom. The smallest absolute Gasteiger partial charge is 0.355 e. The van der Waals surface area contributed by atoms with Gasteiger partial charge >= 0.3 is 5.97 Å². The molecule has 0 bridgehead atoms. The zero-order valence-electron chi connectivity index (χ0n) is 6.81. The van der Waals surface area contributed by atoms with Crippen molar-refractivity contribution in [3.63, 3.8) is 0 Å². The zero-order chi connectivity index (χ0) is 9.42. The second-order valence-corrected chi connectivity index (χ2v) is 3.58. The summed E-state index contributed by atoms with van der Waals surface area (Å²) in [5, 5.41) is 9.49. The van der Waals surface area contributed by atoms with Crippen LogP contribution in [0.25, 0.3) is 10.9 Å². The van der Waals surface area contributed by atoms with Crippen LogP contribution in [0.3, 0.4) is 0 Å². The molecule has 0 aliphatic carbocycles. The summed E-state index contributed by atoms with van der Waals surface area (Å²) in [5.74, 6) is -1.01. The van der Waals surface area contributed by atoms with Gasteiger partial charge in [0.05, 0.1) is 5.52 Å². The van der Waals surface area contributed by atoms with Crippen LogP contribution in [-0.4, -0.2) is 20.4 Å². The van der Waals surface area contributed by atoms with E-state index in [1.807, 2.05) is 6.92 Å². The Labute approximate surface area is 78.0 Å². The van der Waals surface area contributed by atoms with Crippen LogP contribution in [0.1, 0.15) is 15.4 Å². The number of fused-ring (bicyclic) bond motifs is 1. The van der Waals surface area contributed by atoms with E-state index in [1.165, 1.54) is 17.7 Å². The Balaban J connectivity index is 2.88. The Hall–Kier alpha value is -1.49. The molecule has 0 unspecified atom stereocenters. The van der Waals surface area contributed by atoms with Crippen molar-refractivity contribution in [2.24, 2.45) is 0 Å². The van der Waals surface area contributed by atoms with Gasteiger partial charge in [0.1, 0.15) is 0 Å². The van der Waals surface area contributed by atoms with Crippen LogP contribution in [0, 0.1) is 6.92 Å². The molecule has 2 rings (SSSR count). The molecular formula is C8H6N2O2S. The van der Waals surface area contributed by atoms with Gasteiger partial charge in [0.15, 0.2) is 5.69 Å². The maximum atomic E-state index is 10.8. The molecule has 0 radical (unpaired) electrons. The number of nitrogens with zero attached hydrogens (tertiary/aromatic N) is 2. The topological polar surface area (TPSA) is 63.1 Å². The van der Waals surface area contributed by atoms with Gasteiger partial charge in [-0.1, -0.05) is 0 Å². The van der Waals surface area contributed by atoms with Crippen molar-refractivity contribution in [3.05, 3.63) is 22.8 Å². The number of hydrogen-bond acceptors (Lipinski definition) is 4. The van der Waals surface area contributed by atoms with E-state index < -0.39 is 5.97 Å². The van der Waals surface area contributed by atoms with E-state index in [0.717, 1.165) is 4.88 Å². The van der Waals surface area contributed by atoms with Crippen molar-refractivity contribution >= 4 is 28.4 Å². The van der Waals surface area contributed by atoms with E-state index >= 15 is 0 Å². The van der Waals surface area contributed by atoms with Crippen LogP contribution in [0.15, 0.2) is 12.3 Å². The molecule has 13 heavy (non-hydrogen) atoms. The highest BCUT2D eigenvalue weighted by Gasteiger charge is 2.13. The van der Waals surface area contributed by atoms with Crippen LogP contribution in [0.5, 0.6) is 0 Å². The molecule has 5 heteroatoms. The van der Waals surface area contributed by atoms with Gasteiger partial charge in [0.2, 0.25) is 0 Å². The minimum absolute atomic E-state index is 0.0868. The fourth-order valence-electron chi connectivity index (χ4n) is 1.20. The van der Waals surface area contributed by atoms with Crippen molar-refractivity contribution in [1.82, 2.24) is 9.36 Å². The summed E-state index contributed by atoms with van der Waals surface area (Å²) in [4.78, 5) is 15.5. The van der Waals surface area contributed by atoms with Gasteiger partial charge in [-0.25, -0.2) is 9.78 Å². The number of rotatable bonds is 1. The number of hydrogen-bond donors (Lipinski definition) is 1. The lowest BCUT2D eigenvalue weighted by Gasteiger charge is -1.95. The molecule has 0 aliphatic rings. The molecule has 0 spiro atoms. The molecule has 0 atom stereocenters. The predicted octanol–water partition coefficient (Wildman–Crippen LogP) is 1.70. The summed E-state index contributed by atoms with van der Waals surface area (Å²) in [6.07, 6.45) is 1.46. The molecule has 66 valence electrons. The van der Waals surface area contributed by atoms with Gasteiger partial charge in [-0.05, 0) is 24.5 Å². The third kappa shape index (κ3) is 1.17. The SMILES string of the molecule is Cc1snc2ccnc(C(=O)O)c12. The first kappa shape index (κ1) is 8.12. The number of aryl methyl sites for hydroxylation is 1. The van der Waals surface area contributed by atoms with Crippen LogP contribution in [0.4, 0.5) is 0 Å². The van der Waals surface area contributed by atoms with E-state index in [-0.39, 0.29) is 5.69 Å². The van der Waals surface area contributed by atoms with E-state index in [9.17, 15) is 4.79 Å². The third-order valence-corrected chi connectivity index (χ3v) is 2.53. The lowest BCUT2D eigenvalue weighted by atomic mass is 10.2. The second-order valence-electron chi connectivity index (χ2n) is 2.60. The standard InChI is InChI=1S/C8H6N2O2S/c1-4-6-5(10-13-4)2-3-9-7(6)8(11)12/h2-3H,1H3,(H,11,12). The molecular weight excluding hydrogens is 188 g/mol. The molecule has 2 heterocycles. The average molecular weight is 194 g/mol. The molecule has 0 aromatic carbocycles. The summed E-state index contributed by atoms with van der Waals surface area (Å²) in [6.45, 7) is 1.84. The summed E-state index contributed by atoms with van der Waals surface area (Å²) in [7, 11) is 0. The molecule has 1 N–H and O–H groups in total. The molecule has 4 nitrogen and oxygen atoms in total. The summed E-state index contributed by atoms with van der Waals surface area (Å²) < 4.78 is 4.10. The first-order valence-corrected chi connectivity index (χ1v) is 4.42. The maximum absolute atomic E-state index is 10.8. The maximum Gasteiger partial charge on any atom is 0.355 e. The van der Waals surface area contributed by atoms with E-state index in [1.54, 1.807) is 6.07 Å². The predicted molar refractivity (Wildman–Crippen MR) is 49.1 cm³/mol. The Kier molecular flexibility index (Phi) is 1.73. The normalized spacial score (nSPS) is 10.5. The van der Waals surface area contributed by atoms with Crippen LogP contribution in [-0.2, 0) is 0 Å². The quantitative estimate of drug-likeness (QED) is 0.750. The van der Waals surface area contributed by atoms with Crippen molar-refractivity contribution in [2.45, 2.75) is 6.92 Å². The fourth-order valence-corrected chi connectivity index (χ4v) is 1.88. The number of pyridine rings is 1. The molecule has 0 saturated carbocycles. The van der Waals surface area contributed by atoms with Gasteiger partial charge in [-0.3, -0.25) is 0 Å². The van der Waals surface area contributed by atoms with Gasteiger partial charge in [0, 0.05) is 16.5 Å². The zero-order valence-corrected chi connectivity index (χ0v) is 7.63. The molecule has 0 amide bonds. The van der Waals surface area contributed by atoms with Crippen molar-refractivity contribution in [2.75, 3.05) is 0 Å². The Morgan fingerprint density at radius 3 is 3.08 bits per heavy atom. The first-order chi connectivity index (χ1) is 6.20. The van der Waals surface area contributed by atoms with Crippen molar-refractivity contribution in [1.29, 1.82) is 0 Å². The second kappa shape index (κ2) is 2.77. The lowest BCUT2D eigenvalue weighted by molar-refractivity contribution is 0.0693. The highest BCUT2D eigenvalue weighted by molar-refractivity contribution is 7.07. The minimum Gasteiger partial charge on any atom is -0.476 e. The minimum atomic E-state index is -1.01. The fraction of sp³-hybridized carbons (Fsp3) is 0.125. The van der Waals surface area contributed by atoms with Gasteiger partial charge in [0.25, 0.3) is 0 Å². The van der Waals surface area contributed by atoms with Crippen LogP contribution < -0.4 is 0 Å². The monoisotopic (exact) mass is 194 g/mol. The average Bonchev–Trinajstić information content (AvgIpc) is 2.48. The molecule has 0 fully saturated rings. The highest BCUT2D eigenvalue weighted by Crippen LogP contribution is 2.23. The number of carbonyl (C=O) groups is 1. The number of carboxylic acids is 1. The third-order valence-electron chi connectivity index (χ3n) is 1.76. The Morgan fingerprint density at radius 2 is 2.38 bits per heavy atom. The van der Waals surface area contributed by atoms with E-state index in [0.29, 0.717) is 10.9 Å². The Bertz CT molecular complexity index is 478. The van der Waals surface area contributed by atoms with E-state index in [4.69, 9.17) is 5.11 Å². The van der Waals surface area contributed by atoms with Crippen molar-refractivity contribution < 1.29 is 9.90 Å². The van der Waals surface area contributed by atoms with Gasteiger partial charge in [-0.2, -0.15) is 4.37 Å². The number of aromatic carboxylic acids is 1. The summed E-state index contributed by atoms with van der Waals surface area (Å²) in [5.41, 5.74) is 0.790. The van der Waals surface area contributed by atoms with Gasteiger partial charge in [-0.15, -0.1) is 0 Å². The van der Waals surface area contributed by atoms with Crippen LogP contribution in [0.2, 0.25) is 0 Å². The molecule has 0 saturated heterocycles. The molecule has 2 aromatic heterocycles. The highest BCUT2D eigenvalue weighted by atomic mass is 32.1. The van der Waals surface area contributed by atoms with E-state index in [2.05, 4.69) is 9.36 Å². The van der Waals surface area contributed by atoms with Gasteiger partial charge < -0.3 is 5.11 Å².